The fourth-order valence-electron chi connectivity index (χ4n) is 5.60. The first kappa shape index (κ1) is 19.9. The maximum absolute atomic E-state index is 6.75. The highest BCUT2D eigenvalue weighted by atomic mass is 35.5. The van der Waals surface area contributed by atoms with Crippen molar-refractivity contribution in [3.05, 3.63) is 76.2 Å². The number of halogens is 1. The number of benzene rings is 2. The molecule has 6 nitrogen and oxygen atoms in total. The largest absolute Gasteiger partial charge is 0.357 e. The molecule has 1 N–H and O–H groups in total. The topological polar surface area (TPSA) is 62.6 Å². The van der Waals surface area contributed by atoms with Crippen LogP contribution in [0.3, 0.4) is 0 Å². The van der Waals surface area contributed by atoms with Crippen LogP contribution in [0.1, 0.15) is 66.8 Å². The van der Waals surface area contributed by atoms with Crippen molar-refractivity contribution in [1.29, 1.82) is 0 Å². The molecule has 0 radical (unpaired) electrons. The smallest absolute Gasteiger partial charge is 0.173 e. The Morgan fingerprint density at radius 2 is 1.81 bits per heavy atom. The quantitative estimate of drug-likeness (QED) is 0.452. The number of aromatic nitrogens is 5. The fourth-order valence-corrected chi connectivity index (χ4v) is 5.84. The highest BCUT2D eigenvalue weighted by Gasteiger charge is 2.34. The molecular weight excluding hydrogens is 420 g/mol. The van der Waals surface area contributed by atoms with E-state index in [9.17, 15) is 0 Å². The second kappa shape index (κ2) is 8.34. The van der Waals surface area contributed by atoms with Crippen LogP contribution in [0.25, 0.3) is 10.9 Å². The molecule has 2 aromatic heterocycles. The second-order valence-corrected chi connectivity index (χ2v) is 9.45. The fraction of sp³-hybridized carbons (Fsp3) is 0.400. The van der Waals surface area contributed by atoms with Crippen LogP contribution < -0.4 is 0 Å². The minimum Gasteiger partial charge on any atom is -0.357 e. The minimum absolute atomic E-state index is 0.0832. The lowest BCUT2D eigenvalue weighted by atomic mass is 9.94. The van der Waals surface area contributed by atoms with Gasteiger partial charge in [0.25, 0.3) is 0 Å². The standard InChI is InChI=1S/C25H27ClN6/c26-21-12-6-4-11-20(21)24(25-28-29-30-32(25)17-8-2-1-3-9-17)31-15-14-19-18-10-5-7-13-22(18)27-23(19)16-31/h4-7,10-13,17,24,27H,1-3,8-9,14-16H2. The highest BCUT2D eigenvalue weighted by Crippen LogP contribution is 2.38. The van der Waals surface area contributed by atoms with Crippen molar-refractivity contribution in [3.8, 4) is 0 Å². The van der Waals surface area contributed by atoms with E-state index in [0.717, 1.165) is 48.8 Å². The van der Waals surface area contributed by atoms with E-state index in [1.807, 2.05) is 12.1 Å². The first-order valence-corrected chi connectivity index (χ1v) is 12.0. The first-order chi connectivity index (χ1) is 15.8. The summed E-state index contributed by atoms with van der Waals surface area (Å²) in [5.74, 6) is 0.907. The Kier molecular flexibility index (Phi) is 5.20. The molecule has 0 saturated heterocycles. The molecule has 1 unspecified atom stereocenters. The summed E-state index contributed by atoms with van der Waals surface area (Å²) in [6, 6.07) is 17.0. The molecule has 7 heteroatoms. The summed E-state index contributed by atoms with van der Waals surface area (Å²) in [6.07, 6.45) is 7.05. The van der Waals surface area contributed by atoms with Crippen LogP contribution in [0, 0.1) is 0 Å². The summed E-state index contributed by atoms with van der Waals surface area (Å²) in [5, 5.41) is 15.3. The summed E-state index contributed by atoms with van der Waals surface area (Å²) < 4.78 is 2.09. The number of nitrogens with one attached hydrogen (secondary N) is 1. The summed E-state index contributed by atoms with van der Waals surface area (Å²) in [5.41, 5.74) is 4.99. The van der Waals surface area contributed by atoms with Crippen LogP contribution in [0.4, 0.5) is 0 Å². The van der Waals surface area contributed by atoms with Gasteiger partial charge in [0.15, 0.2) is 5.82 Å². The second-order valence-electron chi connectivity index (χ2n) is 9.05. The number of fused-ring (bicyclic) bond motifs is 3. The van der Waals surface area contributed by atoms with Gasteiger partial charge in [-0.2, -0.15) is 0 Å². The lowest BCUT2D eigenvalue weighted by Gasteiger charge is -2.35. The number of tetrazole rings is 1. The zero-order valence-corrected chi connectivity index (χ0v) is 18.8. The van der Waals surface area contributed by atoms with Crippen molar-refractivity contribution in [2.24, 2.45) is 0 Å². The number of hydrogen-bond acceptors (Lipinski definition) is 4. The Hall–Kier alpha value is -2.70. The summed E-state index contributed by atoms with van der Waals surface area (Å²) in [6.45, 7) is 1.75. The van der Waals surface area contributed by atoms with Gasteiger partial charge in [0.2, 0.25) is 0 Å². The van der Waals surface area contributed by atoms with Crippen LogP contribution in [-0.4, -0.2) is 36.6 Å². The van der Waals surface area contributed by atoms with E-state index in [2.05, 4.69) is 66.5 Å². The lowest BCUT2D eigenvalue weighted by Crippen LogP contribution is -2.37. The van der Waals surface area contributed by atoms with Gasteiger partial charge >= 0.3 is 0 Å². The van der Waals surface area contributed by atoms with Crippen molar-refractivity contribution in [1.82, 2.24) is 30.1 Å². The molecule has 1 aliphatic heterocycles. The Morgan fingerprint density at radius 3 is 2.69 bits per heavy atom. The van der Waals surface area contributed by atoms with Crippen LogP contribution in [-0.2, 0) is 13.0 Å². The van der Waals surface area contributed by atoms with Gasteiger partial charge in [-0.1, -0.05) is 67.3 Å². The Morgan fingerprint density at radius 1 is 1.00 bits per heavy atom. The van der Waals surface area contributed by atoms with Crippen molar-refractivity contribution >= 4 is 22.5 Å². The molecule has 0 bridgehead atoms. The zero-order chi connectivity index (χ0) is 21.5. The number of H-pyrrole nitrogens is 1. The third-order valence-corrected chi connectivity index (χ3v) is 7.50. The number of hydrogen-bond donors (Lipinski definition) is 1. The van der Waals surface area contributed by atoms with Gasteiger partial charge < -0.3 is 4.98 Å². The Balaban J connectivity index is 1.42. The van der Waals surface area contributed by atoms with Crippen molar-refractivity contribution < 1.29 is 0 Å². The Bertz CT molecular complexity index is 1240. The molecule has 1 saturated carbocycles. The molecular formula is C25H27ClN6. The molecule has 6 rings (SSSR count). The minimum atomic E-state index is -0.0832. The van der Waals surface area contributed by atoms with Crippen LogP contribution in [0.2, 0.25) is 5.02 Å². The number of para-hydroxylation sites is 1. The molecule has 1 atom stereocenters. The average Bonchev–Trinajstić information content (AvgIpc) is 3.46. The molecule has 32 heavy (non-hydrogen) atoms. The number of rotatable bonds is 4. The van der Waals surface area contributed by atoms with Crippen molar-refractivity contribution in [3.63, 3.8) is 0 Å². The van der Waals surface area contributed by atoms with Gasteiger partial charge in [0.05, 0.1) is 12.1 Å². The average molecular weight is 447 g/mol. The van der Waals surface area contributed by atoms with Gasteiger partial charge in [-0.15, -0.1) is 5.10 Å². The predicted molar refractivity (Wildman–Crippen MR) is 126 cm³/mol. The zero-order valence-electron chi connectivity index (χ0n) is 18.0. The van der Waals surface area contributed by atoms with Crippen LogP contribution >= 0.6 is 11.6 Å². The van der Waals surface area contributed by atoms with E-state index < -0.39 is 0 Å². The molecule has 1 fully saturated rings. The van der Waals surface area contributed by atoms with Gasteiger partial charge in [0.1, 0.15) is 0 Å². The van der Waals surface area contributed by atoms with E-state index >= 15 is 0 Å². The van der Waals surface area contributed by atoms with E-state index in [4.69, 9.17) is 11.6 Å². The molecule has 0 amide bonds. The van der Waals surface area contributed by atoms with Crippen molar-refractivity contribution in [2.45, 2.75) is 57.2 Å². The van der Waals surface area contributed by atoms with Crippen LogP contribution in [0.15, 0.2) is 48.5 Å². The van der Waals surface area contributed by atoms with Gasteiger partial charge in [0, 0.05) is 34.7 Å². The molecule has 1 aliphatic carbocycles. The molecule has 164 valence electrons. The Labute approximate surface area is 192 Å². The summed E-state index contributed by atoms with van der Waals surface area (Å²) >= 11 is 6.75. The number of aromatic amines is 1. The molecule has 4 aromatic rings. The third kappa shape index (κ3) is 3.42. The van der Waals surface area contributed by atoms with Gasteiger partial charge in [-0.3, -0.25) is 4.90 Å². The molecule has 2 aliphatic rings. The van der Waals surface area contributed by atoms with E-state index in [0.29, 0.717) is 6.04 Å². The maximum Gasteiger partial charge on any atom is 0.173 e. The van der Waals surface area contributed by atoms with Crippen LogP contribution in [0.5, 0.6) is 0 Å². The van der Waals surface area contributed by atoms with Gasteiger partial charge in [-0.05, 0) is 52.9 Å². The molecule has 3 heterocycles. The predicted octanol–water partition coefficient (Wildman–Crippen LogP) is 5.46. The van der Waals surface area contributed by atoms with Crippen molar-refractivity contribution in [2.75, 3.05) is 6.54 Å². The highest BCUT2D eigenvalue weighted by molar-refractivity contribution is 6.31. The van der Waals surface area contributed by atoms with E-state index in [1.54, 1.807) is 0 Å². The van der Waals surface area contributed by atoms with Gasteiger partial charge in [-0.25, -0.2) is 4.68 Å². The normalized spacial score (nSPS) is 18.7. The SMILES string of the molecule is Clc1ccccc1C(c1nnnn1C1CCCCC1)N1CCc2c([nH]c3ccccc23)C1. The first-order valence-electron chi connectivity index (χ1n) is 11.6. The monoisotopic (exact) mass is 446 g/mol. The summed E-state index contributed by atoms with van der Waals surface area (Å²) in [7, 11) is 0. The number of nitrogens with zero attached hydrogens (tertiary/aromatic N) is 5. The van der Waals surface area contributed by atoms with E-state index in [1.165, 1.54) is 41.4 Å². The summed E-state index contributed by atoms with van der Waals surface area (Å²) in [4.78, 5) is 6.13. The molecule has 0 spiro atoms. The maximum atomic E-state index is 6.75. The lowest BCUT2D eigenvalue weighted by molar-refractivity contribution is 0.186. The van der Waals surface area contributed by atoms with E-state index in [-0.39, 0.29) is 6.04 Å². The molecule has 2 aromatic carbocycles. The third-order valence-electron chi connectivity index (χ3n) is 7.16.